The van der Waals surface area contributed by atoms with Gasteiger partial charge in [0, 0.05) is 5.56 Å². The van der Waals surface area contributed by atoms with E-state index in [2.05, 4.69) is 15.9 Å². The van der Waals surface area contributed by atoms with Gasteiger partial charge in [-0.25, -0.2) is 0 Å². The number of primary amides is 1. The van der Waals surface area contributed by atoms with Crippen LogP contribution in [-0.4, -0.2) is 5.91 Å². The largest absolute Gasteiger partial charge is 0.486 e. The fourth-order valence-corrected chi connectivity index (χ4v) is 2.14. The average molecular weight is 321 g/mol. The highest BCUT2D eigenvalue weighted by Gasteiger charge is 2.06. The van der Waals surface area contributed by atoms with Crippen LogP contribution in [0.5, 0.6) is 5.75 Å². The Morgan fingerprint density at radius 3 is 2.63 bits per heavy atom. The molecular weight excluding hydrogens is 308 g/mol. The van der Waals surface area contributed by atoms with Crippen LogP contribution in [0, 0.1) is 0 Å². The van der Waals surface area contributed by atoms with Gasteiger partial charge in [-0.05, 0) is 45.8 Å². The lowest BCUT2D eigenvalue weighted by atomic mass is 10.1. The van der Waals surface area contributed by atoms with Crippen molar-refractivity contribution in [2.75, 3.05) is 5.73 Å². The van der Waals surface area contributed by atoms with Gasteiger partial charge in [-0.1, -0.05) is 18.2 Å². The Kier molecular flexibility index (Phi) is 4.06. The smallest absolute Gasteiger partial charge is 0.248 e. The number of anilines is 1. The summed E-state index contributed by atoms with van der Waals surface area (Å²) in [5, 5.41) is 0. The molecule has 2 aromatic carbocycles. The van der Waals surface area contributed by atoms with Gasteiger partial charge in [0.25, 0.3) is 0 Å². The van der Waals surface area contributed by atoms with Crippen LogP contribution in [0.15, 0.2) is 46.9 Å². The van der Waals surface area contributed by atoms with E-state index in [1.807, 2.05) is 18.2 Å². The molecule has 0 aromatic heterocycles. The van der Waals surface area contributed by atoms with E-state index in [1.54, 1.807) is 24.3 Å². The quantitative estimate of drug-likeness (QED) is 0.850. The Morgan fingerprint density at radius 1 is 1.21 bits per heavy atom. The molecular formula is C14H13BrN2O2. The molecule has 0 aliphatic carbocycles. The average Bonchev–Trinajstić information content (AvgIpc) is 2.38. The van der Waals surface area contributed by atoms with E-state index >= 15 is 0 Å². The van der Waals surface area contributed by atoms with Crippen LogP contribution >= 0.6 is 15.9 Å². The van der Waals surface area contributed by atoms with Gasteiger partial charge in [-0.3, -0.25) is 4.79 Å². The van der Waals surface area contributed by atoms with Crippen molar-refractivity contribution in [3.05, 3.63) is 58.1 Å². The number of para-hydroxylation sites is 1. The van der Waals surface area contributed by atoms with Crippen molar-refractivity contribution in [1.29, 1.82) is 0 Å². The Labute approximate surface area is 119 Å². The third-order valence-corrected chi connectivity index (χ3v) is 3.22. The third-order valence-electron chi connectivity index (χ3n) is 2.59. The standard InChI is InChI=1S/C14H13BrN2O2/c15-11-5-2-6-12(16)13(11)19-8-9-3-1-4-10(7-9)14(17)18/h1-7H,8,16H2,(H2,17,18). The van der Waals surface area contributed by atoms with E-state index in [9.17, 15) is 4.79 Å². The zero-order valence-electron chi connectivity index (χ0n) is 10.1. The van der Waals surface area contributed by atoms with Gasteiger partial charge < -0.3 is 16.2 Å². The minimum atomic E-state index is -0.456. The van der Waals surface area contributed by atoms with Crippen LogP contribution < -0.4 is 16.2 Å². The fourth-order valence-electron chi connectivity index (χ4n) is 1.65. The van der Waals surface area contributed by atoms with E-state index in [0.29, 0.717) is 23.6 Å². The number of amides is 1. The molecule has 0 atom stereocenters. The minimum absolute atomic E-state index is 0.313. The Hall–Kier alpha value is -2.01. The lowest BCUT2D eigenvalue weighted by molar-refractivity contribution is 0.1000. The first kappa shape index (κ1) is 13.4. The van der Waals surface area contributed by atoms with Gasteiger partial charge in [0.2, 0.25) is 5.91 Å². The number of hydrogen-bond donors (Lipinski definition) is 2. The van der Waals surface area contributed by atoms with Gasteiger partial charge in [-0.15, -0.1) is 0 Å². The topological polar surface area (TPSA) is 78.3 Å². The lowest BCUT2D eigenvalue weighted by Crippen LogP contribution is -2.11. The highest BCUT2D eigenvalue weighted by molar-refractivity contribution is 9.10. The molecule has 4 N–H and O–H groups in total. The molecule has 0 radical (unpaired) electrons. The Balaban J connectivity index is 2.15. The molecule has 1 amide bonds. The van der Waals surface area contributed by atoms with Gasteiger partial charge in [0.05, 0.1) is 10.2 Å². The molecule has 98 valence electrons. The number of halogens is 1. The first-order valence-corrected chi connectivity index (χ1v) is 6.43. The van der Waals surface area contributed by atoms with Crippen molar-refractivity contribution in [3.8, 4) is 5.75 Å². The Morgan fingerprint density at radius 2 is 1.95 bits per heavy atom. The number of carbonyl (C=O) groups excluding carboxylic acids is 1. The molecule has 0 saturated carbocycles. The number of hydrogen-bond acceptors (Lipinski definition) is 3. The van der Waals surface area contributed by atoms with Crippen molar-refractivity contribution in [2.24, 2.45) is 5.73 Å². The maximum atomic E-state index is 11.1. The summed E-state index contributed by atoms with van der Waals surface area (Å²) >= 11 is 3.38. The predicted octanol–water partition coefficient (Wildman–Crippen LogP) is 2.71. The fraction of sp³-hybridized carbons (Fsp3) is 0.0714. The van der Waals surface area contributed by atoms with E-state index in [0.717, 1.165) is 10.0 Å². The number of benzene rings is 2. The van der Waals surface area contributed by atoms with Gasteiger partial charge in [-0.2, -0.15) is 0 Å². The molecule has 0 unspecified atom stereocenters. The van der Waals surface area contributed by atoms with Crippen LogP contribution in [0.4, 0.5) is 5.69 Å². The number of ether oxygens (including phenoxy) is 1. The van der Waals surface area contributed by atoms with Crippen LogP contribution in [0.3, 0.4) is 0 Å². The van der Waals surface area contributed by atoms with Crippen LogP contribution in [-0.2, 0) is 6.61 Å². The molecule has 0 spiro atoms. The van der Waals surface area contributed by atoms with E-state index < -0.39 is 5.91 Å². The summed E-state index contributed by atoms with van der Waals surface area (Å²) in [6.07, 6.45) is 0. The third kappa shape index (κ3) is 3.26. The van der Waals surface area contributed by atoms with Crippen molar-refractivity contribution in [3.63, 3.8) is 0 Å². The second kappa shape index (κ2) is 5.75. The van der Waals surface area contributed by atoms with Crippen molar-refractivity contribution in [2.45, 2.75) is 6.61 Å². The normalized spacial score (nSPS) is 10.2. The molecule has 2 rings (SSSR count). The van der Waals surface area contributed by atoms with Crippen LogP contribution in [0.2, 0.25) is 0 Å². The Bertz CT molecular complexity index is 594. The zero-order chi connectivity index (χ0) is 13.8. The summed E-state index contributed by atoms with van der Waals surface area (Å²) in [6, 6.07) is 12.4. The summed E-state index contributed by atoms with van der Waals surface area (Å²) in [4.78, 5) is 11.1. The highest BCUT2D eigenvalue weighted by Crippen LogP contribution is 2.31. The summed E-state index contributed by atoms with van der Waals surface area (Å²) in [6.45, 7) is 0.313. The number of carbonyl (C=O) groups is 1. The number of nitrogens with two attached hydrogens (primary N) is 2. The summed E-state index contributed by atoms with van der Waals surface area (Å²) < 4.78 is 6.45. The van der Waals surface area contributed by atoms with Gasteiger partial charge >= 0.3 is 0 Å². The SMILES string of the molecule is NC(=O)c1cccc(COc2c(N)cccc2Br)c1. The second-order valence-electron chi connectivity index (χ2n) is 4.01. The van der Waals surface area contributed by atoms with Crippen LogP contribution in [0.1, 0.15) is 15.9 Å². The summed E-state index contributed by atoms with van der Waals surface area (Å²) in [5.74, 6) is 0.134. The molecule has 19 heavy (non-hydrogen) atoms. The molecule has 0 fully saturated rings. The molecule has 0 aliphatic heterocycles. The molecule has 0 aliphatic rings. The molecule has 0 saturated heterocycles. The summed E-state index contributed by atoms with van der Waals surface area (Å²) in [7, 11) is 0. The van der Waals surface area contributed by atoms with E-state index in [1.165, 1.54) is 0 Å². The number of rotatable bonds is 4. The second-order valence-corrected chi connectivity index (χ2v) is 4.87. The first-order chi connectivity index (χ1) is 9.08. The van der Waals surface area contributed by atoms with Gasteiger partial charge in [0.15, 0.2) is 5.75 Å². The first-order valence-electron chi connectivity index (χ1n) is 5.63. The number of nitrogen functional groups attached to an aromatic ring is 1. The van der Waals surface area contributed by atoms with Crippen LogP contribution in [0.25, 0.3) is 0 Å². The van der Waals surface area contributed by atoms with Crippen molar-refractivity contribution >= 4 is 27.5 Å². The minimum Gasteiger partial charge on any atom is -0.486 e. The maximum Gasteiger partial charge on any atom is 0.248 e. The highest BCUT2D eigenvalue weighted by atomic mass is 79.9. The maximum absolute atomic E-state index is 11.1. The van der Waals surface area contributed by atoms with Crippen molar-refractivity contribution in [1.82, 2.24) is 0 Å². The summed E-state index contributed by atoms with van der Waals surface area (Å²) in [5.41, 5.74) is 12.9. The monoisotopic (exact) mass is 320 g/mol. The lowest BCUT2D eigenvalue weighted by Gasteiger charge is -2.11. The van der Waals surface area contributed by atoms with Crippen molar-refractivity contribution < 1.29 is 9.53 Å². The molecule has 5 heteroatoms. The molecule has 4 nitrogen and oxygen atoms in total. The zero-order valence-corrected chi connectivity index (χ0v) is 11.7. The van der Waals surface area contributed by atoms with E-state index in [-0.39, 0.29) is 0 Å². The van der Waals surface area contributed by atoms with E-state index in [4.69, 9.17) is 16.2 Å². The molecule has 0 heterocycles. The predicted molar refractivity (Wildman–Crippen MR) is 77.8 cm³/mol. The molecule has 2 aromatic rings. The van der Waals surface area contributed by atoms with Gasteiger partial charge in [0.1, 0.15) is 6.61 Å². The molecule has 0 bridgehead atoms.